The van der Waals surface area contributed by atoms with Crippen molar-refractivity contribution in [3.8, 4) is 0 Å². The van der Waals surface area contributed by atoms with E-state index in [9.17, 15) is 9.59 Å². The summed E-state index contributed by atoms with van der Waals surface area (Å²) in [7, 11) is 0. The number of ether oxygens (including phenoxy) is 1. The van der Waals surface area contributed by atoms with E-state index in [2.05, 4.69) is 11.9 Å². The van der Waals surface area contributed by atoms with Crippen molar-refractivity contribution in [3.63, 3.8) is 0 Å². The molecule has 2 aromatic rings. The van der Waals surface area contributed by atoms with Gasteiger partial charge in [-0.3, -0.25) is 14.2 Å². The first kappa shape index (κ1) is 17.0. The molecular weight excluding hydrogens is 294 g/mol. The number of fused-ring (bicyclic) bond motifs is 1. The highest BCUT2D eigenvalue weighted by Gasteiger charge is 2.15. The highest BCUT2D eigenvalue weighted by atomic mass is 16.5. The van der Waals surface area contributed by atoms with Gasteiger partial charge in [-0.2, -0.15) is 4.99 Å². The molecule has 1 aromatic heterocycles. The number of rotatable bonds is 6. The number of amides is 1. The number of aryl methyl sites for hydroxylation is 1. The molecule has 0 atom stereocenters. The molecule has 0 bridgehead atoms. The van der Waals surface area contributed by atoms with Crippen molar-refractivity contribution < 1.29 is 14.3 Å². The predicted octanol–water partition coefficient (Wildman–Crippen LogP) is 2.25. The largest absolute Gasteiger partial charge is 0.465 e. The fraction of sp³-hybridized carbons (Fsp3) is 0.471. The molecule has 0 N–H and O–H groups in total. The zero-order valence-corrected chi connectivity index (χ0v) is 13.9. The number of esters is 1. The van der Waals surface area contributed by atoms with Crippen LogP contribution in [-0.2, 0) is 27.4 Å². The van der Waals surface area contributed by atoms with Crippen LogP contribution in [0.15, 0.2) is 29.3 Å². The molecule has 1 aromatic carbocycles. The van der Waals surface area contributed by atoms with E-state index in [0.717, 1.165) is 30.4 Å². The van der Waals surface area contributed by atoms with Gasteiger partial charge < -0.3 is 9.30 Å². The van der Waals surface area contributed by atoms with Crippen molar-refractivity contribution in [2.45, 2.75) is 46.7 Å². The summed E-state index contributed by atoms with van der Waals surface area (Å²) in [6, 6.07) is 7.75. The Balaban J connectivity index is 2.66. The van der Waals surface area contributed by atoms with Gasteiger partial charge in [0, 0.05) is 13.5 Å². The second-order valence-corrected chi connectivity index (χ2v) is 5.32. The topological polar surface area (TPSA) is 65.6 Å². The van der Waals surface area contributed by atoms with Gasteiger partial charge >= 0.3 is 5.97 Å². The zero-order valence-electron chi connectivity index (χ0n) is 13.9. The molecule has 23 heavy (non-hydrogen) atoms. The Hall–Kier alpha value is -2.37. The van der Waals surface area contributed by atoms with Crippen molar-refractivity contribution in [1.82, 2.24) is 9.13 Å². The molecule has 0 saturated heterocycles. The minimum atomic E-state index is -0.337. The average Bonchev–Trinajstić information content (AvgIpc) is 2.79. The number of unbranched alkanes of at least 4 members (excludes halogenated alkanes) is 1. The lowest BCUT2D eigenvalue weighted by Gasteiger charge is -2.05. The fourth-order valence-corrected chi connectivity index (χ4v) is 2.57. The molecule has 0 radical (unpaired) electrons. The summed E-state index contributed by atoms with van der Waals surface area (Å²) >= 11 is 0. The van der Waals surface area contributed by atoms with E-state index < -0.39 is 0 Å². The van der Waals surface area contributed by atoms with E-state index in [1.165, 1.54) is 6.92 Å². The van der Waals surface area contributed by atoms with Crippen LogP contribution in [-0.4, -0.2) is 27.6 Å². The lowest BCUT2D eigenvalue weighted by Crippen LogP contribution is -2.30. The van der Waals surface area contributed by atoms with Crippen LogP contribution in [0.5, 0.6) is 0 Å². The highest BCUT2D eigenvalue weighted by molar-refractivity contribution is 5.79. The number of para-hydroxylation sites is 2. The van der Waals surface area contributed by atoms with Gasteiger partial charge in [0.15, 0.2) is 0 Å². The minimum Gasteiger partial charge on any atom is -0.465 e. The molecule has 0 aliphatic carbocycles. The van der Waals surface area contributed by atoms with E-state index in [4.69, 9.17) is 4.74 Å². The standard InChI is InChI=1S/C17H23N3O3/c1-4-6-11-19-14-9-7-8-10-15(14)20(12-16(22)23-5-2)17(19)18-13(3)21/h7-10H,4-6,11-12H2,1-3H3. The molecule has 0 aliphatic heterocycles. The Morgan fingerprint density at radius 3 is 2.35 bits per heavy atom. The first-order valence-corrected chi connectivity index (χ1v) is 7.97. The van der Waals surface area contributed by atoms with Gasteiger partial charge in [0.05, 0.1) is 17.6 Å². The molecule has 6 heteroatoms. The SMILES string of the molecule is CCCCn1c(=NC(C)=O)n(CC(=O)OCC)c2ccccc21. The maximum Gasteiger partial charge on any atom is 0.326 e. The third-order valence-corrected chi connectivity index (χ3v) is 3.53. The van der Waals surface area contributed by atoms with Crippen LogP contribution in [0, 0.1) is 0 Å². The summed E-state index contributed by atoms with van der Waals surface area (Å²) in [5.74, 6) is -0.626. The Kier molecular flexibility index (Phi) is 5.73. The van der Waals surface area contributed by atoms with Gasteiger partial charge in [-0.15, -0.1) is 0 Å². The molecular formula is C17H23N3O3. The maximum absolute atomic E-state index is 11.9. The Bertz CT molecular complexity index is 771. The number of benzene rings is 1. The third-order valence-electron chi connectivity index (χ3n) is 3.53. The van der Waals surface area contributed by atoms with Crippen molar-refractivity contribution in [2.24, 2.45) is 4.99 Å². The molecule has 0 fully saturated rings. The summed E-state index contributed by atoms with van der Waals surface area (Å²) < 4.78 is 8.80. The summed E-state index contributed by atoms with van der Waals surface area (Å²) in [5.41, 5.74) is 2.34. The number of hydrogen-bond acceptors (Lipinski definition) is 3. The van der Waals surface area contributed by atoms with E-state index >= 15 is 0 Å². The Morgan fingerprint density at radius 1 is 1.13 bits per heavy atom. The minimum absolute atomic E-state index is 0.0413. The second-order valence-electron chi connectivity index (χ2n) is 5.32. The van der Waals surface area contributed by atoms with Gasteiger partial charge in [0.25, 0.3) is 0 Å². The van der Waals surface area contributed by atoms with Gasteiger partial charge in [0.1, 0.15) is 6.54 Å². The van der Waals surface area contributed by atoms with Crippen molar-refractivity contribution in [3.05, 3.63) is 29.9 Å². The lowest BCUT2D eigenvalue weighted by molar-refractivity contribution is -0.143. The molecule has 6 nitrogen and oxygen atoms in total. The number of nitrogens with zero attached hydrogens (tertiary/aromatic N) is 3. The van der Waals surface area contributed by atoms with Crippen molar-refractivity contribution in [1.29, 1.82) is 0 Å². The van der Waals surface area contributed by atoms with Crippen LogP contribution in [0.3, 0.4) is 0 Å². The lowest BCUT2D eigenvalue weighted by atomic mass is 10.3. The van der Waals surface area contributed by atoms with E-state index in [1.807, 2.05) is 28.8 Å². The van der Waals surface area contributed by atoms with Crippen LogP contribution < -0.4 is 5.62 Å². The molecule has 0 unspecified atom stereocenters. The predicted molar refractivity (Wildman–Crippen MR) is 87.7 cm³/mol. The quantitative estimate of drug-likeness (QED) is 0.768. The van der Waals surface area contributed by atoms with Gasteiger partial charge in [-0.05, 0) is 25.5 Å². The zero-order chi connectivity index (χ0) is 16.8. The molecule has 0 spiro atoms. The normalized spacial score (nSPS) is 11.9. The number of carbonyl (C=O) groups excluding carboxylic acids is 2. The van der Waals surface area contributed by atoms with Crippen LogP contribution in [0.1, 0.15) is 33.6 Å². The molecule has 0 aliphatic rings. The molecule has 1 heterocycles. The highest BCUT2D eigenvalue weighted by Crippen LogP contribution is 2.14. The van der Waals surface area contributed by atoms with E-state index in [1.54, 1.807) is 11.5 Å². The smallest absolute Gasteiger partial charge is 0.326 e. The number of hydrogen-bond donors (Lipinski definition) is 0. The molecule has 0 saturated carbocycles. The summed E-state index contributed by atoms with van der Waals surface area (Å²) in [6.45, 7) is 6.41. The van der Waals surface area contributed by atoms with Crippen LogP contribution in [0.25, 0.3) is 11.0 Å². The van der Waals surface area contributed by atoms with Crippen molar-refractivity contribution in [2.75, 3.05) is 6.61 Å². The number of aromatic nitrogens is 2. The van der Waals surface area contributed by atoms with Crippen LogP contribution in [0.4, 0.5) is 0 Å². The van der Waals surface area contributed by atoms with Crippen LogP contribution in [0.2, 0.25) is 0 Å². The van der Waals surface area contributed by atoms with Crippen LogP contribution >= 0.6 is 0 Å². The maximum atomic E-state index is 11.9. The number of carbonyl (C=O) groups is 2. The first-order valence-electron chi connectivity index (χ1n) is 7.97. The summed E-state index contributed by atoms with van der Waals surface area (Å²) in [6.07, 6.45) is 2.00. The van der Waals surface area contributed by atoms with Gasteiger partial charge in [0.2, 0.25) is 11.5 Å². The van der Waals surface area contributed by atoms with Gasteiger partial charge in [-0.1, -0.05) is 25.5 Å². The summed E-state index contributed by atoms with van der Waals surface area (Å²) in [5, 5.41) is 0. The van der Waals surface area contributed by atoms with Crippen molar-refractivity contribution >= 4 is 22.9 Å². The van der Waals surface area contributed by atoms with E-state index in [-0.39, 0.29) is 18.4 Å². The van der Waals surface area contributed by atoms with E-state index in [0.29, 0.717) is 12.2 Å². The molecule has 124 valence electrons. The van der Waals surface area contributed by atoms with Gasteiger partial charge in [-0.25, -0.2) is 0 Å². The first-order chi connectivity index (χ1) is 11.1. The fourth-order valence-electron chi connectivity index (χ4n) is 2.57. The summed E-state index contributed by atoms with van der Waals surface area (Å²) in [4.78, 5) is 27.7. The molecule has 2 rings (SSSR count). The number of imidazole rings is 1. The third kappa shape index (κ3) is 3.88. The average molecular weight is 317 g/mol. The Labute approximate surface area is 135 Å². The Morgan fingerprint density at radius 2 is 1.78 bits per heavy atom. The molecule has 1 amide bonds. The second kappa shape index (κ2) is 7.76. The monoisotopic (exact) mass is 317 g/mol.